The third kappa shape index (κ3) is 3.08. The van der Waals surface area contributed by atoms with Crippen LogP contribution in [-0.2, 0) is 4.79 Å². The lowest BCUT2D eigenvalue weighted by Crippen LogP contribution is -2.25. The highest BCUT2D eigenvalue weighted by Gasteiger charge is 2.35. The van der Waals surface area contributed by atoms with Crippen molar-refractivity contribution in [2.45, 2.75) is 12.3 Å². The van der Waals surface area contributed by atoms with Gasteiger partial charge in [0.2, 0.25) is 5.91 Å². The molecular weight excluding hydrogens is 379 g/mol. The monoisotopic (exact) mass is 396 g/mol. The summed E-state index contributed by atoms with van der Waals surface area (Å²) in [5, 5.41) is 22.4. The zero-order valence-corrected chi connectivity index (χ0v) is 15.3. The second-order valence-corrected chi connectivity index (χ2v) is 6.67. The van der Waals surface area contributed by atoms with Crippen LogP contribution in [0.15, 0.2) is 48.7 Å². The quantitative estimate of drug-likeness (QED) is 0.627. The second-order valence-electron chi connectivity index (χ2n) is 6.67. The number of aromatic nitrogens is 1. The van der Waals surface area contributed by atoms with E-state index in [1.165, 1.54) is 42.1 Å². The Labute approximate surface area is 165 Å². The van der Waals surface area contributed by atoms with Crippen molar-refractivity contribution < 1.29 is 28.9 Å². The van der Waals surface area contributed by atoms with E-state index in [0.717, 1.165) is 0 Å². The zero-order chi connectivity index (χ0) is 20.7. The number of aromatic hydroxyl groups is 1. The summed E-state index contributed by atoms with van der Waals surface area (Å²) < 4.78 is 21.0. The van der Waals surface area contributed by atoms with Gasteiger partial charge in [0.1, 0.15) is 11.4 Å². The molecule has 4 rings (SSSR count). The molecule has 8 heteroatoms. The van der Waals surface area contributed by atoms with Crippen LogP contribution in [0.25, 0.3) is 5.69 Å². The number of carbonyl (C=O) groups excluding carboxylic acids is 1. The van der Waals surface area contributed by atoms with E-state index in [1.54, 1.807) is 18.2 Å². The van der Waals surface area contributed by atoms with Crippen molar-refractivity contribution in [2.24, 2.45) is 0 Å². The molecule has 29 heavy (non-hydrogen) atoms. The molecule has 0 saturated carbocycles. The standard InChI is InChI=1S/C21H17FN2O5/c1-29-17-7-6-11(8-16(17)25)12-9-18(26)23-19-13(21(27)28)10-24(20(12)19)15-5-3-2-4-14(15)22/h2-8,10,12,25H,9H2,1H3,(H,23,26)(H,27,28)/t12-/m1/s1. The van der Waals surface area contributed by atoms with Crippen molar-refractivity contribution in [3.63, 3.8) is 0 Å². The van der Waals surface area contributed by atoms with Crippen molar-refractivity contribution in [3.8, 4) is 17.2 Å². The summed E-state index contributed by atoms with van der Waals surface area (Å²) >= 11 is 0. The SMILES string of the molecule is COc1ccc([C@H]2CC(=O)Nc3c(C(=O)O)cn(-c4ccccc4F)c32)cc1O. The minimum atomic E-state index is -1.24. The molecule has 3 aromatic rings. The Morgan fingerprint density at radius 2 is 2.03 bits per heavy atom. The minimum Gasteiger partial charge on any atom is -0.504 e. The topological polar surface area (TPSA) is 101 Å². The first kappa shape index (κ1) is 18.5. The Morgan fingerprint density at radius 3 is 2.69 bits per heavy atom. The van der Waals surface area contributed by atoms with Crippen molar-refractivity contribution in [3.05, 3.63) is 71.3 Å². The van der Waals surface area contributed by atoms with Gasteiger partial charge in [-0.05, 0) is 29.8 Å². The summed E-state index contributed by atoms with van der Waals surface area (Å²) in [6.45, 7) is 0. The molecule has 0 unspecified atom stereocenters. The number of aromatic carboxylic acids is 1. The number of hydrogen-bond acceptors (Lipinski definition) is 4. The Bertz CT molecular complexity index is 1140. The van der Waals surface area contributed by atoms with Crippen LogP contribution in [0, 0.1) is 5.82 Å². The van der Waals surface area contributed by atoms with Gasteiger partial charge in [-0.2, -0.15) is 0 Å². The number of para-hydroxylation sites is 1. The number of nitrogens with one attached hydrogen (secondary N) is 1. The third-order valence-corrected chi connectivity index (χ3v) is 4.97. The number of fused-ring (bicyclic) bond motifs is 1. The molecule has 2 aromatic carbocycles. The van der Waals surface area contributed by atoms with Crippen LogP contribution in [0.3, 0.4) is 0 Å². The fraction of sp³-hybridized carbons (Fsp3) is 0.143. The van der Waals surface area contributed by atoms with E-state index >= 15 is 0 Å². The van der Waals surface area contributed by atoms with Crippen molar-refractivity contribution in [1.82, 2.24) is 4.57 Å². The van der Waals surface area contributed by atoms with E-state index in [2.05, 4.69) is 5.32 Å². The Morgan fingerprint density at radius 1 is 1.28 bits per heavy atom. The number of carbonyl (C=O) groups is 2. The molecule has 1 aliphatic heterocycles. The summed E-state index contributed by atoms with van der Waals surface area (Å²) in [4.78, 5) is 24.1. The number of hydrogen-bond donors (Lipinski definition) is 3. The largest absolute Gasteiger partial charge is 0.504 e. The lowest BCUT2D eigenvalue weighted by molar-refractivity contribution is -0.116. The highest BCUT2D eigenvalue weighted by molar-refractivity contribution is 6.04. The molecule has 0 radical (unpaired) electrons. The number of rotatable bonds is 4. The van der Waals surface area contributed by atoms with Crippen LogP contribution >= 0.6 is 0 Å². The fourth-order valence-electron chi connectivity index (χ4n) is 3.68. The van der Waals surface area contributed by atoms with E-state index in [-0.39, 0.29) is 40.8 Å². The van der Waals surface area contributed by atoms with Crippen LogP contribution in [0.5, 0.6) is 11.5 Å². The molecule has 1 atom stereocenters. The maximum absolute atomic E-state index is 14.5. The highest BCUT2D eigenvalue weighted by atomic mass is 19.1. The molecular formula is C21H17FN2O5. The molecule has 0 aliphatic carbocycles. The number of benzene rings is 2. The van der Waals surface area contributed by atoms with Gasteiger partial charge in [0.05, 0.1) is 24.2 Å². The number of nitrogens with zero attached hydrogens (tertiary/aromatic N) is 1. The van der Waals surface area contributed by atoms with Crippen LogP contribution < -0.4 is 10.1 Å². The van der Waals surface area contributed by atoms with Gasteiger partial charge in [0, 0.05) is 18.5 Å². The minimum absolute atomic E-state index is 0.0102. The molecule has 0 saturated heterocycles. The smallest absolute Gasteiger partial charge is 0.339 e. The number of amides is 1. The number of carboxylic acid groups (broad SMARTS) is 1. The first-order valence-electron chi connectivity index (χ1n) is 8.81. The summed E-state index contributed by atoms with van der Waals surface area (Å²) in [6.07, 6.45) is 1.31. The Balaban J connectivity index is 1.97. The summed E-state index contributed by atoms with van der Waals surface area (Å²) in [7, 11) is 1.42. The molecule has 1 aliphatic rings. The van der Waals surface area contributed by atoms with Crippen LogP contribution in [0.2, 0.25) is 0 Å². The van der Waals surface area contributed by atoms with Gasteiger partial charge in [-0.3, -0.25) is 4.79 Å². The maximum Gasteiger partial charge on any atom is 0.339 e. The van der Waals surface area contributed by atoms with Gasteiger partial charge >= 0.3 is 5.97 Å². The van der Waals surface area contributed by atoms with Crippen molar-refractivity contribution >= 4 is 17.6 Å². The van der Waals surface area contributed by atoms with Crippen LogP contribution in [-0.4, -0.2) is 33.8 Å². The first-order valence-corrected chi connectivity index (χ1v) is 8.81. The lowest BCUT2D eigenvalue weighted by atomic mass is 9.88. The zero-order valence-electron chi connectivity index (χ0n) is 15.3. The summed E-state index contributed by atoms with van der Waals surface area (Å²) in [6, 6.07) is 10.7. The average Bonchev–Trinajstić information content (AvgIpc) is 3.07. The molecule has 0 fully saturated rings. The van der Waals surface area contributed by atoms with E-state index in [9.17, 15) is 24.2 Å². The van der Waals surface area contributed by atoms with Crippen LogP contribution in [0.1, 0.15) is 34.0 Å². The summed E-state index contributed by atoms with van der Waals surface area (Å²) in [5.74, 6) is -2.58. The van der Waals surface area contributed by atoms with Gasteiger partial charge in [-0.15, -0.1) is 0 Å². The molecule has 0 spiro atoms. The first-order chi connectivity index (χ1) is 13.9. The number of phenols is 1. The number of halogens is 1. The number of methoxy groups -OCH3 is 1. The van der Waals surface area contributed by atoms with Gasteiger partial charge in [-0.1, -0.05) is 18.2 Å². The average molecular weight is 396 g/mol. The molecule has 2 heterocycles. The summed E-state index contributed by atoms with van der Waals surface area (Å²) in [5.41, 5.74) is 1.15. The fourth-order valence-corrected chi connectivity index (χ4v) is 3.68. The van der Waals surface area contributed by atoms with Gasteiger partial charge in [-0.25, -0.2) is 9.18 Å². The Kier molecular flexibility index (Phi) is 4.46. The normalized spacial score (nSPS) is 15.5. The number of phenolic OH excluding ortho intramolecular Hbond substituents is 1. The van der Waals surface area contributed by atoms with Gasteiger partial charge in [0.15, 0.2) is 11.5 Å². The third-order valence-electron chi connectivity index (χ3n) is 4.97. The number of carboxylic acids is 1. The Hall–Kier alpha value is -3.81. The number of anilines is 1. The molecule has 0 bridgehead atoms. The molecule has 3 N–H and O–H groups in total. The van der Waals surface area contributed by atoms with Crippen LogP contribution in [0.4, 0.5) is 10.1 Å². The second kappa shape index (κ2) is 6.97. The van der Waals surface area contributed by atoms with E-state index in [4.69, 9.17) is 4.74 Å². The van der Waals surface area contributed by atoms with E-state index < -0.39 is 17.7 Å². The van der Waals surface area contributed by atoms with Gasteiger partial charge in [0.25, 0.3) is 0 Å². The van der Waals surface area contributed by atoms with Crippen molar-refractivity contribution in [2.75, 3.05) is 12.4 Å². The molecule has 148 valence electrons. The predicted octanol–water partition coefficient (Wildman–Crippen LogP) is 3.50. The molecule has 7 nitrogen and oxygen atoms in total. The molecule has 1 amide bonds. The van der Waals surface area contributed by atoms with E-state index in [0.29, 0.717) is 11.3 Å². The molecule has 1 aromatic heterocycles. The highest BCUT2D eigenvalue weighted by Crippen LogP contribution is 2.43. The van der Waals surface area contributed by atoms with Crippen molar-refractivity contribution in [1.29, 1.82) is 0 Å². The number of ether oxygens (including phenoxy) is 1. The van der Waals surface area contributed by atoms with E-state index in [1.807, 2.05) is 0 Å². The maximum atomic E-state index is 14.5. The predicted molar refractivity (Wildman–Crippen MR) is 102 cm³/mol. The lowest BCUT2D eigenvalue weighted by Gasteiger charge is -2.26. The van der Waals surface area contributed by atoms with Gasteiger partial charge < -0.3 is 24.8 Å².